The first-order chi connectivity index (χ1) is 11.0. The second kappa shape index (κ2) is 11.2. The van der Waals surface area contributed by atoms with Gasteiger partial charge in [0.25, 0.3) is 0 Å². The zero-order valence-electron chi connectivity index (χ0n) is 15.3. The van der Waals surface area contributed by atoms with Gasteiger partial charge in [0.05, 0.1) is 5.69 Å². The minimum atomic E-state index is 0.183. The fourth-order valence-electron chi connectivity index (χ4n) is 2.32. The van der Waals surface area contributed by atoms with Crippen LogP contribution in [0, 0.1) is 11.8 Å². The number of unbranched alkanes of at least 4 members (excludes halogenated alkanes) is 2. The van der Waals surface area contributed by atoms with E-state index in [0.29, 0.717) is 18.3 Å². The van der Waals surface area contributed by atoms with Crippen molar-refractivity contribution in [1.29, 1.82) is 0 Å². The largest absolute Gasteiger partial charge is 0.356 e. The summed E-state index contributed by atoms with van der Waals surface area (Å²) in [5.74, 6) is 1.53. The lowest BCUT2D eigenvalue weighted by atomic mass is 10.1. The van der Waals surface area contributed by atoms with Crippen molar-refractivity contribution >= 4 is 5.91 Å². The van der Waals surface area contributed by atoms with E-state index in [-0.39, 0.29) is 5.91 Å². The molecule has 0 spiro atoms. The van der Waals surface area contributed by atoms with Crippen LogP contribution in [-0.2, 0) is 17.8 Å². The van der Waals surface area contributed by atoms with Crippen molar-refractivity contribution in [3.05, 3.63) is 11.9 Å². The van der Waals surface area contributed by atoms with Crippen molar-refractivity contribution in [2.24, 2.45) is 11.8 Å². The standard InChI is InChI=1S/C18H34N4O/c1-15(2)9-10-17-14-22(21-20-17)13-7-5-6-8-18(23)19-12-11-16(3)4/h14-16H,5-13H2,1-4H3,(H,19,23). The van der Waals surface area contributed by atoms with Gasteiger partial charge in [0.15, 0.2) is 0 Å². The summed E-state index contributed by atoms with van der Waals surface area (Å²) < 4.78 is 1.93. The van der Waals surface area contributed by atoms with Crippen molar-refractivity contribution in [3.8, 4) is 0 Å². The van der Waals surface area contributed by atoms with E-state index in [2.05, 4.69) is 49.5 Å². The molecule has 1 amide bonds. The number of aromatic nitrogens is 3. The molecule has 1 rings (SSSR count). The zero-order chi connectivity index (χ0) is 17.1. The second-order valence-electron chi connectivity index (χ2n) is 7.25. The Morgan fingerprint density at radius 1 is 1.13 bits per heavy atom. The molecule has 1 aromatic rings. The van der Waals surface area contributed by atoms with Gasteiger partial charge in [-0.05, 0) is 43.9 Å². The summed E-state index contributed by atoms with van der Waals surface area (Å²) in [6.45, 7) is 10.5. The van der Waals surface area contributed by atoms with Crippen LogP contribution < -0.4 is 5.32 Å². The molecule has 0 aliphatic carbocycles. The van der Waals surface area contributed by atoms with E-state index in [1.165, 1.54) is 0 Å². The molecule has 0 saturated carbocycles. The van der Waals surface area contributed by atoms with Gasteiger partial charge in [-0.3, -0.25) is 9.48 Å². The Kier molecular flexibility index (Phi) is 9.57. The number of nitrogens with one attached hydrogen (secondary N) is 1. The highest BCUT2D eigenvalue weighted by Crippen LogP contribution is 2.07. The van der Waals surface area contributed by atoms with Gasteiger partial charge in [0.2, 0.25) is 5.91 Å². The lowest BCUT2D eigenvalue weighted by Gasteiger charge is -2.07. The molecule has 1 heterocycles. The summed E-state index contributed by atoms with van der Waals surface area (Å²) in [6, 6.07) is 0. The fraction of sp³-hybridized carbons (Fsp3) is 0.833. The molecule has 1 aromatic heterocycles. The number of nitrogens with zero attached hydrogens (tertiary/aromatic N) is 3. The Bertz CT molecular complexity index is 440. The quantitative estimate of drug-likeness (QED) is 0.598. The van der Waals surface area contributed by atoms with Gasteiger partial charge in [-0.25, -0.2) is 0 Å². The minimum Gasteiger partial charge on any atom is -0.356 e. The Hall–Kier alpha value is -1.39. The SMILES string of the molecule is CC(C)CCNC(=O)CCCCCn1cc(CCC(C)C)nn1. The lowest BCUT2D eigenvalue weighted by Crippen LogP contribution is -2.24. The van der Waals surface area contributed by atoms with Crippen LogP contribution in [-0.4, -0.2) is 27.4 Å². The molecular weight excluding hydrogens is 288 g/mol. The molecule has 0 unspecified atom stereocenters. The van der Waals surface area contributed by atoms with Gasteiger partial charge in [0.1, 0.15) is 0 Å². The van der Waals surface area contributed by atoms with Crippen LogP contribution in [0.2, 0.25) is 0 Å². The highest BCUT2D eigenvalue weighted by molar-refractivity contribution is 5.75. The zero-order valence-corrected chi connectivity index (χ0v) is 15.3. The number of carbonyl (C=O) groups excluding carboxylic acids is 1. The third kappa shape index (κ3) is 10.1. The normalized spacial score (nSPS) is 11.4. The van der Waals surface area contributed by atoms with E-state index < -0.39 is 0 Å². The second-order valence-corrected chi connectivity index (χ2v) is 7.25. The van der Waals surface area contributed by atoms with Crippen LogP contribution in [0.15, 0.2) is 6.20 Å². The smallest absolute Gasteiger partial charge is 0.219 e. The van der Waals surface area contributed by atoms with E-state index in [9.17, 15) is 4.79 Å². The Balaban J connectivity index is 2.05. The van der Waals surface area contributed by atoms with Crippen LogP contribution in [0.4, 0.5) is 0 Å². The monoisotopic (exact) mass is 322 g/mol. The molecule has 0 aliphatic rings. The lowest BCUT2D eigenvalue weighted by molar-refractivity contribution is -0.121. The molecule has 5 nitrogen and oxygen atoms in total. The van der Waals surface area contributed by atoms with Crippen LogP contribution in [0.25, 0.3) is 0 Å². The van der Waals surface area contributed by atoms with Crippen LogP contribution in [0.1, 0.15) is 71.9 Å². The molecule has 0 fully saturated rings. The van der Waals surface area contributed by atoms with Crippen molar-refractivity contribution < 1.29 is 4.79 Å². The number of amides is 1. The minimum absolute atomic E-state index is 0.183. The van der Waals surface area contributed by atoms with Gasteiger partial charge >= 0.3 is 0 Å². The first kappa shape index (κ1) is 19.7. The molecule has 0 aliphatic heterocycles. The Morgan fingerprint density at radius 3 is 2.57 bits per heavy atom. The molecule has 0 radical (unpaired) electrons. The molecule has 0 atom stereocenters. The van der Waals surface area contributed by atoms with E-state index in [1.54, 1.807) is 0 Å². The third-order valence-electron chi connectivity index (χ3n) is 3.90. The van der Waals surface area contributed by atoms with E-state index in [0.717, 1.165) is 57.3 Å². The molecule has 0 aromatic carbocycles. The number of hydrogen-bond donors (Lipinski definition) is 1. The van der Waals surface area contributed by atoms with Gasteiger partial charge in [-0.15, -0.1) is 5.10 Å². The summed E-state index contributed by atoms with van der Waals surface area (Å²) in [5, 5.41) is 11.4. The summed E-state index contributed by atoms with van der Waals surface area (Å²) in [6.07, 6.45) is 8.96. The number of rotatable bonds is 12. The van der Waals surface area contributed by atoms with Crippen molar-refractivity contribution in [3.63, 3.8) is 0 Å². The summed E-state index contributed by atoms with van der Waals surface area (Å²) in [5.41, 5.74) is 1.09. The maximum Gasteiger partial charge on any atom is 0.219 e. The Labute approximate surface area is 141 Å². The highest BCUT2D eigenvalue weighted by Gasteiger charge is 2.04. The van der Waals surface area contributed by atoms with Crippen molar-refractivity contribution in [1.82, 2.24) is 20.3 Å². The maximum absolute atomic E-state index is 11.6. The molecule has 23 heavy (non-hydrogen) atoms. The molecule has 0 bridgehead atoms. The van der Waals surface area contributed by atoms with Crippen LogP contribution >= 0.6 is 0 Å². The fourth-order valence-corrected chi connectivity index (χ4v) is 2.32. The summed E-state index contributed by atoms with van der Waals surface area (Å²) >= 11 is 0. The van der Waals surface area contributed by atoms with Gasteiger partial charge in [-0.2, -0.15) is 0 Å². The molecule has 5 heteroatoms. The first-order valence-corrected chi connectivity index (χ1v) is 9.13. The molecule has 0 saturated heterocycles. The Morgan fingerprint density at radius 2 is 1.87 bits per heavy atom. The third-order valence-corrected chi connectivity index (χ3v) is 3.90. The van der Waals surface area contributed by atoms with E-state index >= 15 is 0 Å². The van der Waals surface area contributed by atoms with E-state index in [1.807, 2.05) is 4.68 Å². The topological polar surface area (TPSA) is 59.8 Å². The summed E-state index contributed by atoms with van der Waals surface area (Å²) in [7, 11) is 0. The number of aryl methyl sites for hydroxylation is 2. The maximum atomic E-state index is 11.6. The molecule has 132 valence electrons. The van der Waals surface area contributed by atoms with E-state index in [4.69, 9.17) is 0 Å². The molecular formula is C18H34N4O. The predicted octanol–water partition coefficient (Wildman–Crippen LogP) is 3.59. The van der Waals surface area contributed by atoms with Gasteiger partial charge in [-0.1, -0.05) is 39.3 Å². The van der Waals surface area contributed by atoms with Crippen LogP contribution in [0.3, 0.4) is 0 Å². The van der Waals surface area contributed by atoms with Crippen LogP contribution in [0.5, 0.6) is 0 Å². The van der Waals surface area contributed by atoms with Gasteiger partial charge in [0, 0.05) is 25.7 Å². The van der Waals surface area contributed by atoms with Crippen molar-refractivity contribution in [2.45, 2.75) is 79.2 Å². The van der Waals surface area contributed by atoms with Gasteiger partial charge < -0.3 is 5.32 Å². The summed E-state index contributed by atoms with van der Waals surface area (Å²) in [4.78, 5) is 11.6. The highest BCUT2D eigenvalue weighted by atomic mass is 16.1. The molecule has 1 N–H and O–H groups in total. The van der Waals surface area contributed by atoms with Crippen molar-refractivity contribution in [2.75, 3.05) is 6.54 Å². The average Bonchev–Trinajstić information content (AvgIpc) is 2.92. The first-order valence-electron chi connectivity index (χ1n) is 9.13. The number of hydrogen-bond acceptors (Lipinski definition) is 3. The predicted molar refractivity (Wildman–Crippen MR) is 94.1 cm³/mol. The number of carbonyl (C=O) groups is 1. The average molecular weight is 322 g/mol.